The standard InChI is InChI=1S/C16H25NO2/c1-17(2)16(9-4-3-5-10-16)15(19)12-13-7-6-8-14(18)11-13/h6-8,11,15,18-19H,3-5,9-10,12H2,1-2H3. The summed E-state index contributed by atoms with van der Waals surface area (Å²) in [7, 11) is 4.13. The molecule has 0 bridgehead atoms. The lowest BCUT2D eigenvalue weighted by Gasteiger charge is -2.46. The maximum Gasteiger partial charge on any atom is 0.115 e. The van der Waals surface area contributed by atoms with Gasteiger partial charge in [-0.2, -0.15) is 0 Å². The summed E-state index contributed by atoms with van der Waals surface area (Å²) in [6, 6.07) is 7.21. The van der Waals surface area contributed by atoms with Crippen molar-refractivity contribution in [2.24, 2.45) is 0 Å². The molecule has 2 N–H and O–H groups in total. The summed E-state index contributed by atoms with van der Waals surface area (Å²) in [5.74, 6) is 0.271. The summed E-state index contributed by atoms with van der Waals surface area (Å²) in [5, 5.41) is 20.2. The third kappa shape index (κ3) is 3.10. The minimum atomic E-state index is -0.385. The number of aromatic hydroxyl groups is 1. The largest absolute Gasteiger partial charge is 0.508 e. The third-order valence-electron chi connectivity index (χ3n) is 4.57. The molecule has 1 unspecified atom stereocenters. The monoisotopic (exact) mass is 263 g/mol. The van der Waals surface area contributed by atoms with Crippen molar-refractivity contribution in [2.75, 3.05) is 14.1 Å². The Morgan fingerprint density at radius 1 is 1.21 bits per heavy atom. The molecule has 106 valence electrons. The number of nitrogens with zero attached hydrogens (tertiary/aromatic N) is 1. The summed E-state index contributed by atoms with van der Waals surface area (Å²) in [5.41, 5.74) is 0.892. The van der Waals surface area contributed by atoms with Crippen molar-refractivity contribution in [3.05, 3.63) is 29.8 Å². The van der Waals surface area contributed by atoms with Gasteiger partial charge in [-0.25, -0.2) is 0 Å². The van der Waals surface area contributed by atoms with Crippen molar-refractivity contribution >= 4 is 0 Å². The van der Waals surface area contributed by atoms with Gasteiger partial charge in [0.2, 0.25) is 0 Å². The third-order valence-corrected chi connectivity index (χ3v) is 4.57. The SMILES string of the molecule is CN(C)C1(C(O)Cc2cccc(O)c2)CCCCC1. The number of likely N-dealkylation sites (N-methyl/N-ethyl adjacent to an activating group) is 1. The van der Waals surface area contributed by atoms with Crippen molar-refractivity contribution in [3.63, 3.8) is 0 Å². The molecule has 0 aromatic heterocycles. The lowest BCUT2D eigenvalue weighted by Crippen LogP contribution is -2.55. The van der Waals surface area contributed by atoms with Crippen molar-refractivity contribution in [3.8, 4) is 5.75 Å². The van der Waals surface area contributed by atoms with Gasteiger partial charge < -0.3 is 15.1 Å². The van der Waals surface area contributed by atoms with Crippen LogP contribution in [0, 0.1) is 0 Å². The van der Waals surface area contributed by atoms with E-state index >= 15 is 0 Å². The van der Waals surface area contributed by atoms with Crippen LogP contribution in [0.3, 0.4) is 0 Å². The van der Waals surface area contributed by atoms with E-state index in [1.54, 1.807) is 12.1 Å². The minimum absolute atomic E-state index is 0.107. The van der Waals surface area contributed by atoms with Gasteiger partial charge in [-0.05, 0) is 44.6 Å². The Hall–Kier alpha value is -1.06. The van der Waals surface area contributed by atoms with Crippen LogP contribution in [0.5, 0.6) is 5.75 Å². The number of phenolic OH excluding ortho intramolecular Hbond substituents is 1. The number of phenols is 1. The maximum absolute atomic E-state index is 10.7. The highest BCUT2D eigenvalue weighted by molar-refractivity contribution is 5.28. The highest BCUT2D eigenvalue weighted by Crippen LogP contribution is 2.36. The first-order valence-electron chi connectivity index (χ1n) is 7.18. The predicted octanol–water partition coefficient (Wildman–Crippen LogP) is 2.56. The second-order valence-electron chi connectivity index (χ2n) is 5.95. The van der Waals surface area contributed by atoms with Gasteiger partial charge in [0.1, 0.15) is 5.75 Å². The number of hydrogen-bond donors (Lipinski definition) is 2. The molecule has 3 nitrogen and oxygen atoms in total. The number of aliphatic hydroxyl groups excluding tert-OH is 1. The summed E-state index contributed by atoms with van der Waals surface area (Å²) in [6.07, 6.45) is 5.98. The molecule has 3 heteroatoms. The van der Waals surface area contributed by atoms with Crippen LogP contribution in [0.4, 0.5) is 0 Å². The molecule has 1 atom stereocenters. The van der Waals surface area contributed by atoms with E-state index in [1.807, 2.05) is 12.1 Å². The Balaban J connectivity index is 2.13. The molecular weight excluding hydrogens is 238 g/mol. The predicted molar refractivity (Wildman–Crippen MR) is 77.3 cm³/mol. The molecule has 1 fully saturated rings. The summed E-state index contributed by atoms with van der Waals surface area (Å²) >= 11 is 0. The number of hydrogen-bond acceptors (Lipinski definition) is 3. The Kier molecular flexibility index (Phi) is 4.48. The van der Waals surface area contributed by atoms with E-state index in [0.29, 0.717) is 6.42 Å². The molecule has 1 aliphatic rings. The number of aliphatic hydroxyl groups is 1. The Morgan fingerprint density at radius 3 is 2.47 bits per heavy atom. The molecule has 0 spiro atoms. The maximum atomic E-state index is 10.7. The van der Waals surface area contributed by atoms with Crippen molar-refractivity contribution < 1.29 is 10.2 Å². The van der Waals surface area contributed by atoms with Crippen LogP contribution in [0.2, 0.25) is 0 Å². The van der Waals surface area contributed by atoms with Gasteiger partial charge in [0.15, 0.2) is 0 Å². The number of benzene rings is 1. The molecule has 0 heterocycles. The van der Waals surface area contributed by atoms with Crippen molar-refractivity contribution in [1.82, 2.24) is 4.90 Å². The first-order chi connectivity index (χ1) is 9.04. The van der Waals surface area contributed by atoms with Crippen LogP contribution in [-0.4, -0.2) is 40.9 Å². The van der Waals surface area contributed by atoms with Crippen LogP contribution >= 0.6 is 0 Å². The Bertz CT molecular complexity index is 411. The fourth-order valence-corrected chi connectivity index (χ4v) is 3.34. The Labute approximate surface area is 115 Å². The first kappa shape index (κ1) is 14.4. The molecule has 19 heavy (non-hydrogen) atoms. The minimum Gasteiger partial charge on any atom is -0.508 e. The average molecular weight is 263 g/mol. The van der Waals surface area contributed by atoms with E-state index in [1.165, 1.54) is 19.3 Å². The van der Waals surface area contributed by atoms with Crippen molar-refractivity contribution in [2.45, 2.75) is 50.2 Å². The van der Waals surface area contributed by atoms with Crippen LogP contribution in [0.25, 0.3) is 0 Å². The zero-order valence-electron chi connectivity index (χ0n) is 12.0. The normalized spacial score (nSPS) is 20.4. The smallest absolute Gasteiger partial charge is 0.115 e. The van der Waals surface area contributed by atoms with E-state index in [0.717, 1.165) is 18.4 Å². The van der Waals surface area contributed by atoms with Gasteiger partial charge in [-0.3, -0.25) is 0 Å². The van der Waals surface area contributed by atoms with Gasteiger partial charge in [0.05, 0.1) is 6.10 Å². The van der Waals surface area contributed by atoms with Crippen LogP contribution in [-0.2, 0) is 6.42 Å². The molecule has 0 radical (unpaired) electrons. The fourth-order valence-electron chi connectivity index (χ4n) is 3.34. The highest BCUT2D eigenvalue weighted by atomic mass is 16.3. The van der Waals surface area contributed by atoms with Gasteiger partial charge in [0, 0.05) is 12.0 Å². The van der Waals surface area contributed by atoms with E-state index in [9.17, 15) is 10.2 Å². The number of rotatable bonds is 4. The molecule has 1 aromatic carbocycles. The Morgan fingerprint density at radius 2 is 1.89 bits per heavy atom. The van der Waals surface area contributed by atoms with E-state index in [2.05, 4.69) is 19.0 Å². The lowest BCUT2D eigenvalue weighted by atomic mass is 9.75. The van der Waals surface area contributed by atoms with Gasteiger partial charge in [-0.15, -0.1) is 0 Å². The average Bonchev–Trinajstić information content (AvgIpc) is 2.39. The van der Waals surface area contributed by atoms with E-state index in [4.69, 9.17) is 0 Å². The van der Waals surface area contributed by atoms with Gasteiger partial charge in [0.25, 0.3) is 0 Å². The lowest BCUT2D eigenvalue weighted by molar-refractivity contribution is -0.0310. The van der Waals surface area contributed by atoms with Gasteiger partial charge in [-0.1, -0.05) is 31.4 Å². The quantitative estimate of drug-likeness (QED) is 0.877. The molecule has 1 aliphatic carbocycles. The molecule has 0 saturated heterocycles. The summed E-state index contributed by atoms with van der Waals surface area (Å²) in [4.78, 5) is 2.19. The molecule has 2 rings (SSSR count). The molecular formula is C16H25NO2. The van der Waals surface area contributed by atoms with E-state index < -0.39 is 0 Å². The second kappa shape index (κ2) is 5.93. The first-order valence-corrected chi connectivity index (χ1v) is 7.18. The molecule has 1 saturated carbocycles. The van der Waals surface area contributed by atoms with Crippen LogP contribution < -0.4 is 0 Å². The van der Waals surface area contributed by atoms with Crippen LogP contribution in [0.1, 0.15) is 37.7 Å². The van der Waals surface area contributed by atoms with Crippen LogP contribution in [0.15, 0.2) is 24.3 Å². The fraction of sp³-hybridized carbons (Fsp3) is 0.625. The second-order valence-corrected chi connectivity index (χ2v) is 5.95. The zero-order chi connectivity index (χ0) is 13.9. The zero-order valence-corrected chi connectivity index (χ0v) is 12.0. The van der Waals surface area contributed by atoms with Crippen molar-refractivity contribution in [1.29, 1.82) is 0 Å². The van der Waals surface area contributed by atoms with E-state index in [-0.39, 0.29) is 17.4 Å². The highest BCUT2D eigenvalue weighted by Gasteiger charge is 2.40. The molecule has 1 aromatic rings. The topological polar surface area (TPSA) is 43.7 Å². The molecule has 0 amide bonds. The summed E-state index contributed by atoms with van der Waals surface area (Å²) < 4.78 is 0. The summed E-state index contributed by atoms with van der Waals surface area (Å²) in [6.45, 7) is 0. The molecule has 0 aliphatic heterocycles. The van der Waals surface area contributed by atoms with Gasteiger partial charge >= 0.3 is 0 Å².